The molecule has 0 fully saturated rings. The van der Waals surface area contributed by atoms with Gasteiger partial charge in [0, 0.05) is 17.6 Å². The smallest absolute Gasteiger partial charge is 0.267 e. The quantitative estimate of drug-likeness (QED) is 0.747. The van der Waals surface area contributed by atoms with E-state index in [1.54, 1.807) is 38.1 Å². The van der Waals surface area contributed by atoms with Crippen molar-refractivity contribution in [3.63, 3.8) is 0 Å². The van der Waals surface area contributed by atoms with Crippen molar-refractivity contribution in [2.24, 2.45) is 0 Å². The van der Waals surface area contributed by atoms with Crippen LogP contribution in [0.3, 0.4) is 0 Å². The molecule has 0 atom stereocenters. The molecule has 3 aromatic rings. The number of furan rings is 1. The molecule has 1 N–H and O–H groups in total. The molecule has 0 spiro atoms. The van der Waals surface area contributed by atoms with Crippen molar-refractivity contribution in [3.05, 3.63) is 75.7 Å². The third-order valence-corrected chi connectivity index (χ3v) is 4.43. The zero-order valence-corrected chi connectivity index (χ0v) is 15.2. The maximum atomic E-state index is 12.7. The van der Waals surface area contributed by atoms with Crippen LogP contribution >= 0.6 is 11.6 Å². The van der Waals surface area contributed by atoms with E-state index in [0.29, 0.717) is 16.5 Å². The number of rotatable bonds is 5. The highest BCUT2D eigenvalue weighted by molar-refractivity contribution is 6.31. The minimum Gasteiger partial charge on any atom is -0.463 e. The Labute approximate surface area is 155 Å². The highest BCUT2D eigenvalue weighted by Gasteiger charge is 2.32. The minimum absolute atomic E-state index is 0.258. The summed E-state index contributed by atoms with van der Waals surface area (Å²) in [5, 5.41) is 7.69. The summed E-state index contributed by atoms with van der Waals surface area (Å²) in [5.41, 5.74) is -0.302. The van der Waals surface area contributed by atoms with Crippen LogP contribution in [0.4, 0.5) is 0 Å². The van der Waals surface area contributed by atoms with Crippen LogP contribution in [0.5, 0.6) is 0 Å². The van der Waals surface area contributed by atoms with Gasteiger partial charge in [-0.25, -0.2) is 4.68 Å². The van der Waals surface area contributed by atoms with Crippen LogP contribution in [-0.4, -0.2) is 15.7 Å². The first kappa shape index (κ1) is 17.9. The number of halogens is 1. The van der Waals surface area contributed by atoms with Gasteiger partial charge in [0.2, 0.25) is 5.91 Å². The number of amides is 1. The van der Waals surface area contributed by atoms with Gasteiger partial charge < -0.3 is 9.73 Å². The normalized spacial score (nSPS) is 11.3. The van der Waals surface area contributed by atoms with E-state index >= 15 is 0 Å². The van der Waals surface area contributed by atoms with Crippen LogP contribution in [0, 0.1) is 0 Å². The Morgan fingerprint density at radius 3 is 2.65 bits per heavy atom. The summed E-state index contributed by atoms with van der Waals surface area (Å²) in [4.78, 5) is 25.0. The van der Waals surface area contributed by atoms with Crippen molar-refractivity contribution in [1.29, 1.82) is 0 Å². The zero-order chi connectivity index (χ0) is 18.7. The molecule has 7 heteroatoms. The lowest BCUT2D eigenvalue weighted by atomic mass is 10.0. The Balaban J connectivity index is 1.85. The molecular formula is C19H18ClN3O3. The number of nitrogens with one attached hydrogen (secondary N) is 1. The van der Waals surface area contributed by atoms with Gasteiger partial charge in [-0.3, -0.25) is 9.59 Å². The van der Waals surface area contributed by atoms with Gasteiger partial charge in [0.1, 0.15) is 11.2 Å². The molecule has 0 radical (unpaired) electrons. The lowest BCUT2D eigenvalue weighted by Gasteiger charge is -2.25. The minimum atomic E-state index is -1.19. The van der Waals surface area contributed by atoms with E-state index in [0.717, 1.165) is 10.2 Å². The number of carbonyl (C=O) groups is 1. The summed E-state index contributed by atoms with van der Waals surface area (Å²) in [7, 11) is 0. The average Bonchev–Trinajstić information content (AvgIpc) is 3.15. The van der Waals surface area contributed by atoms with Crippen molar-refractivity contribution in [2.75, 3.05) is 0 Å². The Kier molecular flexibility index (Phi) is 4.95. The van der Waals surface area contributed by atoms with Crippen LogP contribution in [-0.2, 0) is 16.9 Å². The number of carbonyl (C=O) groups excluding carboxylic acids is 1. The predicted octanol–water partition coefficient (Wildman–Crippen LogP) is 3.21. The van der Waals surface area contributed by atoms with E-state index in [2.05, 4.69) is 10.4 Å². The first-order chi connectivity index (χ1) is 12.4. The Morgan fingerprint density at radius 2 is 1.96 bits per heavy atom. The fourth-order valence-electron chi connectivity index (χ4n) is 2.50. The molecule has 0 aliphatic rings. The molecular weight excluding hydrogens is 354 g/mol. The number of aromatic nitrogens is 2. The van der Waals surface area contributed by atoms with E-state index in [-0.39, 0.29) is 18.0 Å². The molecule has 0 aliphatic heterocycles. The molecule has 3 rings (SSSR count). The van der Waals surface area contributed by atoms with Gasteiger partial charge >= 0.3 is 0 Å². The maximum Gasteiger partial charge on any atom is 0.267 e. The van der Waals surface area contributed by atoms with Gasteiger partial charge in [-0.15, -0.1) is 0 Å². The van der Waals surface area contributed by atoms with Gasteiger partial charge in [-0.05, 0) is 43.7 Å². The predicted molar refractivity (Wildman–Crippen MR) is 98.8 cm³/mol. The van der Waals surface area contributed by atoms with Gasteiger partial charge in [-0.2, -0.15) is 5.10 Å². The first-order valence-corrected chi connectivity index (χ1v) is 8.44. The van der Waals surface area contributed by atoms with Crippen LogP contribution in [0.15, 0.2) is 64.0 Å². The molecule has 6 nitrogen and oxygen atoms in total. The van der Waals surface area contributed by atoms with E-state index in [1.165, 1.54) is 12.3 Å². The van der Waals surface area contributed by atoms with E-state index in [4.69, 9.17) is 16.0 Å². The van der Waals surface area contributed by atoms with Gasteiger partial charge in [0.25, 0.3) is 5.56 Å². The second kappa shape index (κ2) is 7.17. The van der Waals surface area contributed by atoms with Gasteiger partial charge in [-0.1, -0.05) is 29.8 Å². The van der Waals surface area contributed by atoms with E-state index < -0.39 is 5.54 Å². The summed E-state index contributed by atoms with van der Waals surface area (Å²) in [6.45, 7) is 3.53. The highest BCUT2D eigenvalue weighted by Crippen LogP contribution is 2.19. The molecule has 2 heterocycles. The summed E-state index contributed by atoms with van der Waals surface area (Å²) in [5.74, 6) is 0.176. The molecule has 0 bridgehead atoms. The van der Waals surface area contributed by atoms with Crippen molar-refractivity contribution >= 4 is 17.5 Å². The van der Waals surface area contributed by atoms with Crippen molar-refractivity contribution in [1.82, 2.24) is 15.1 Å². The van der Waals surface area contributed by atoms with Crippen LogP contribution < -0.4 is 10.9 Å². The van der Waals surface area contributed by atoms with Crippen molar-refractivity contribution in [3.8, 4) is 11.5 Å². The standard InChI is InChI=1S/C19H18ClN3O3/c1-19(2,18(25)21-12-13-6-3-4-7-14(13)20)23-17(24)10-9-15(22-23)16-8-5-11-26-16/h3-11H,12H2,1-2H3,(H,21,25). The van der Waals surface area contributed by atoms with Crippen molar-refractivity contribution in [2.45, 2.75) is 25.9 Å². The molecule has 1 aromatic carbocycles. The van der Waals surface area contributed by atoms with Crippen molar-refractivity contribution < 1.29 is 9.21 Å². The van der Waals surface area contributed by atoms with Crippen LogP contribution in [0.25, 0.3) is 11.5 Å². The topological polar surface area (TPSA) is 77.1 Å². The number of hydrogen-bond acceptors (Lipinski definition) is 4. The lowest BCUT2D eigenvalue weighted by molar-refractivity contribution is -0.129. The van der Waals surface area contributed by atoms with E-state index in [1.807, 2.05) is 18.2 Å². The van der Waals surface area contributed by atoms with Crippen LogP contribution in [0.2, 0.25) is 5.02 Å². The number of benzene rings is 1. The molecule has 0 saturated heterocycles. The molecule has 1 amide bonds. The Bertz CT molecular complexity index is 978. The molecule has 0 aliphatic carbocycles. The molecule has 0 saturated carbocycles. The highest BCUT2D eigenvalue weighted by atomic mass is 35.5. The average molecular weight is 372 g/mol. The van der Waals surface area contributed by atoms with Gasteiger partial charge in [0.15, 0.2) is 5.76 Å². The first-order valence-electron chi connectivity index (χ1n) is 8.06. The molecule has 26 heavy (non-hydrogen) atoms. The van der Waals surface area contributed by atoms with Gasteiger partial charge in [0.05, 0.1) is 6.26 Å². The zero-order valence-electron chi connectivity index (χ0n) is 14.4. The maximum absolute atomic E-state index is 12.7. The summed E-state index contributed by atoms with van der Waals surface area (Å²) < 4.78 is 6.47. The fraction of sp³-hybridized carbons (Fsp3) is 0.211. The summed E-state index contributed by atoms with van der Waals surface area (Å²) >= 11 is 6.11. The Morgan fingerprint density at radius 1 is 1.19 bits per heavy atom. The Hall–Kier alpha value is -2.86. The fourth-order valence-corrected chi connectivity index (χ4v) is 2.70. The molecule has 134 valence electrons. The van der Waals surface area contributed by atoms with E-state index in [9.17, 15) is 9.59 Å². The second-order valence-corrected chi connectivity index (χ2v) is 6.69. The monoisotopic (exact) mass is 371 g/mol. The number of nitrogens with zero attached hydrogens (tertiary/aromatic N) is 2. The summed E-state index contributed by atoms with van der Waals surface area (Å²) in [6.07, 6.45) is 1.52. The summed E-state index contributed by atoms with van der Waals surface area (Å²) in [6, 6.07) is 13.7. The third kappa shape index (κ3) is 3.55. The third-order valence-electron chi connectivity index (χ3n) is 4.06. The largest absolute Gasteiger partial charge is 0.463 e. The second-order valence-electron chi connectivity index (χ2n) is 6.28. The molecule has 0 unspecified atom stereocenters. The molecule has 2 aromatic heterocycles. The SMILES string of the molecule is CC(C)(C(=O)NCc1ccccc1Cl)n1nc(-c2ccco2)ccc1=O. The lowest BCUT2D eigenvalue weighted by Crippen LogP contribution is -2.49. The van der Waals surface area contributed by atoms with Crippen LogP contribution in [0.1, 0.15) is 19.4 Å². The number of hydrogen-bond donors (Lipinski definition) is 1.